The summed E-state index contributed by atoms with van der Waals surface area (Å²) in [6.45, 7) is 3.86. The van der Waals surface area contributed by atoms with Crippen molar-refractivity contribution in [3.8, 4) is 0 Å². The summed E-state index contributed by atoms with van der Waals surface area (Å²) in [7, 11) is 1.86. The molecule has 0 spiro atoms. The minimum atomic E-state index is 0.113. The highest BCUT2D eigenvalue weighted by molar-refractivity contribution is 7.18. The fourth-order valence-corrected chi connectivity index (χ4v) is 5.25. The summed E-state index contributed by atoms with van der Waals surface area (Å²) in [5.41, 5.74) is 1.05. The number of nitrogens with zero attached hydrogens (tertiary/aromatic N) is 4. The number of hydrogen-bond donors (Lipinski definition) is 0. The van der Waals surface area contributed by atoms with Crippen LogP contribution >= 0.6 is 11.3 Å². The second-order valence-electron chi connectivity index (χ2n) is 7.96. The number of rotatable bonds is 5. The molecular weight excluding hydrogens is 372 g/mol. The molecule has 6 nitrogen and oxygen atoms in total. The molecule has 2 aliphatic heterocycles. The molecule has 1 aromatic carbocycles. The Labute approximate surface area is 170 Å². The summed E-state index contributed by atoms with van der Waals surface area (Å²) in [4.78, 5) is 35.6. The van der Waals surface area contributed by atoms with Gasteiger partial charge < -0.3 is 9.80 Å². The van der Waals surface area contributed by atoms with Crippen LogP contribution < -0.4 is 0 Å². The van der Waals surface area contributed by atoms with E-state index in [9.17, 15) is 9.59 Å². The van der Waals surface area contributed by atoms with Gasteiger partial charge in [-0.25, -0.2) is 4.98 Å². The maximum absolute atomic E-state index is 12.8. The van der Waals surface area contributed by atoms with Crippen LogP contribution in [0, 0.1) is 0 Å². The first kappa shape index (κ1) is 19.3. The largest absolute Gasteiger partial charge is 0.342 e. The minimum Gasteiger partial charge on any atom is -0.342 e. The summed E-state index contributed by atoms with van der Waals surface area (Å²) in [5, 5.41) is 1.14. The Morgan fingerprint density at radius 2 is 1.75 bits per heavy atom. The van der Waals surface area contributed by atoms with Gasteiger partial charge in [0.2, 0.25) is 11.8 Å². The molecule has 4 rings (SSSR count). The molecule has 0 N–H and O–H groups in total. The first-order valence-electron chi connectivity index (χ1n) is 10.2. The van der Waals surface area contributed by atoms with E-state index < -0.39 is 0 Å². The van der Waals surface area contributed by atoms with Crippen molar-refractivity contribution in [2.24, 2.45) is 0 Å². The number of carbonyl (C=O) groups excluding carboxylic acids is 2. The van der Waals surface area contributed by atoms with Gasteiger partial charge in [0.25, 0.3) is 0 Å². The predicted octanol–water partition coefficient (Wildman–Crippen LogP) is 2.56. The molecule has 2 aliphatic rings. The number of para-hydroxylation sites is 1. The molecule has 0 radical (unpaired) electrons. The average Bonchev–Trinajstić information content (AvgIpc) is 3.37. The molecule has 2 saturated heterocycles. The van der Waals surface area contributed by atoms with E-state index in [-0.39, 0.29) is 11.8 Å². The van der Waals surface area contributed by atoms with Crippen molar-refractivity contribution in [3.63, 3.8) is 0 Å². The normalized spacial score (nSPS) is 20.3. The lowest BCUT2D eigenvalue weighted by Gasteiger charge is -2.33. The van der Waals surface area contributed by atoms with Crippen molar-refractivity contribution in [1.29, 1.82) is 0 Å². The molecule has 2 fully saturated rings. The molecule has 2 aromatic rings. The van der Waals surface area contributed by atoms with E-state index in [4.69, 9.17) is 4.98 Å². The summed E-state index contributed by atoms with van der Waals surface area (Å²) in [5.74, 6) is 0.563. The van der Waals surface area contributed by atoms with Crippen LogP contribution in [0.5, 0.6) is 0 Å². The maximum Gasteiger partial charge on any atom is 0.236 e. The molecule has 150 valence electrons. The third kappa shape index (κ3) is 4.36. The first-order valence-corrected chi connectivity index (χ1v) is 11.0. The van der Waals surface area contributed by atoms with E-state index in [0.29, 0.717) is 19.0 Å². The van der Waals surface area contributed by atoms with Crippen molar-refractivity contribution in [2.75, 3.05) is 46.3 Å². The third-order valence-corrected chi connectivity index (χ3v) is 6.90. The van der Waals surface area contributed by atoms with Gasteiger partial charge in [-0.3, -0.25) is 14.5 Å². The van der Waals surface area contributed by atoms with E-state index >= 15 is 0 Å². The molecule has 1 atom stereocenters. The molecule has 28 heavy (non-hydrogen) atoms. The smallest absolute Gasteiger partial charge is 0.236 e. The zero-order valence-corrected chi connectivity index (χ0v) is 17.3. The molecular formula is C21H28N4O2S. The van der Waals surface area contributed by atoms with Crippen molar-refractivity contribution >= 4 is 33.4 Å². The molecule has 1 aromatic heterocycles. The predicted molar refractivity (Wildman–Crippen MR) is 111 cm³/mol. The maximum atomic E-state index is 12.8. The minimum absolute atomic E-state index is 0.113. The summed E-state index contributed by atoms with van der Waals surface area (Å²) in [6, 6.07) is 8.21. The second-order valence-corrected chi connectivity index (χ2v) is 9.02. The highest BCUT2D eigenvalue weighted by Crippen LogP contribution is 2.32. The standard InChI is InChI=1S/C21H28N4O2S/c1-23(14-19(26)24-10-4-5-11-24)15-20(27)25-12-6-7-16(13-25)21-22-17-8-2-3-9-18(17)28-21/h2-3,8-9,16H,4-7,10-15H2,1H3/t16-/m1/s1. The molecule has 0 unspecified atom stereocenters. The Hall–Kier alpha value is -1.99. The van der Waals surface area contributed by atoms with Crippen molar-refractivity contribution in [1.82, 2.24) is 19.7 Å². The Bertz CT molecular complexity index is 813. The Morgan fingerprint density at radius 3 is 2.50 bits per heavy atom. The van der Waals surface area contributed by atoms with Gasteiger partial charge in [-0.2, -0.15) is 0 Å². The lowest BCUT2D eigenvalue weighted by Crippen LogP contribution is -2.46. The molecule has 7 heteroatoms. The Balaban J connectivity index is 1.33. The number of aromatic nitrogens is 1. The van der Waals surface area contributed by atoms with Gasteiger partial charge in [0, 0.05) is 32.1 Å². The third-order valence-electron chi connectivity index (χ3n) is 5.70. The molecule has 0 saturated carbocycles. The number of thiazole rings is 1. The second kappa shape index (κ2) is 8.57. The number of benzene rings is 1. The van der Waals surface area contributed by atoms with Gasteiger partial charge in [0.1, 0.15) is 0 Å². The van der Waals surface area contributed by atoms with Crippen LogP contribution in [0.4, 0.5) is 0 Å². The van der Waals surface area contributed by atoms with Gasteiger partial charge in [-0.05, 0) is 44.9 Å². The lowest BCUT2D eigenvalue weighted by atomic mass is 9.98. The van der Waals surface area contributed by atoms with Crippen LogP contribution in [0.1, 0.15) is 36.6 Å². The van der Waals surface area contributed by atoms with E-state index in [1.807, 2.05) is 39.9 Å². The number of likely N-dealkylation sites (tertiary alicyclic amines) is 2. The van der Waals surface area contributed by atoms with E-state index in [1.165, 1.54) is 4.70 Å². The number of fused-ring (bicyclic) bond motifs is 1. The van der Waals surface area contributed by atoms with Crippen LogP contribution in [-0.4, -0.2) is 77.8 Å². The lowest BCUT2D eigenvalue weighted by molar-refractivity contribution is -0.135. The van der Waals surface area contributed by atoms with Crippen LogP contribution in [0.15, 0.2) is 24.3 Å². The van der Waals surface area contributed by atoms with Crippen LogP contribution in [0.3, 0.4) is 0 Å². The molecule has 0 aliphatic carbocycles. The van der Waals surface area contributed by atoms with Gasteiger partial charge in [0.05, 0.1) is 28.3 Å². The van der Waals surface area contributed by atoms with Gasteiger partial charge >= 0.3 is 0 Å². The fraction of sp³-hybridized carbons (Fsp3) is 0.571. The number of likely N-dealkylation sites (N-methyl/N-ethyl adjacent to an activating group) is 1. The zero-order valence-electron chi connectivity index (χ0n) is 16.5. The van der Waals surface area contributed by atoms with Gasteiger partial charge in [-0.15, -0.1) is 11.3 Å². The van der Waals surface area contributed by atoms with Crippen molar-refractivity contribution < 1.29 is 9.59 Å². The first-order chi connectivity index (χ1) is 13.6. The van der Waals surface area contributed by atoms with Crippen molar-refractivity contribution in [3.05, 3.63) is 29.3 Å². The Morgan fingerprint density at radius 1 is 1.07 bits per heavy atom. The quantitative estimate of drug-likeness (QED) is 0.774. The number of amides is 2. The summed E-state index contributed by atoms with van der Waals surface area (Å²) < 4.78 is 1.21. The van der Waals surface area contributed by atoms with Crippen LogP contribution in [-0.2, 0) is 9.59 Å². The Kier molecular flexibility index (Phi) is 5.92. The molecule has 0 bridgehead atoms. The van der Waals surface area contributed by atoms with E-state index in [0.717, 1.165) is 62.4 Å². The average molecular weight is 401 g/mol. The topological polar surface area (TPSA) is 56.8 Å². The van der Waals surface area contributed by atoms with Gasteiger partial charge in [-0.1, -0.05) is 12.1 Å². The summed E-state index contributed by atoms with van der Waals surface area (Å²) >= 11 is 1.74. The van der Waals surface area contributed by atoms with Gasteiger partial charge in [0.15, 0.2) is 0 Å². The highest BCUT2D eigenvalue weighted by atomic mass is 32.1. The number of carbonyl (C=O) groups is 2. The highest BCUT2D eigenvalue weighted by Gasteiger charge is 2.28. The number of piperidine rings is 1. The SMILES string of the molecule is CN(CC(=O)N1CCCC1)CC(=O)N1CCC[C@@H](c2nc3ccccc3s2)C1. The summed E-state index contributed by atoms with van der Waals surface area (Å²) in [6.07, 6.45) is 4.26. The molecule has 2 amide bonds. The van der Waals surface area contributed by atoms with Crippen LogP contribution in [0.25, 0.3) is 10.2 Å². The van der Waals surface area contributed by atoms with Crippen LogP contribution in [0.2, 0.25) is 0 Å². The van der Waals surface area contributed by atoms with E-state index in [1.54, 1.807) is 11.3 Å². The fourth-order valence-electron chi connectivity index (χ4n) is 4.15. The van der Waals surface area contributed by atoms with Crippen molar-refractivity contribution in [2.45, 2.75) is 31.6 Å². The number of hydrogen-bond acceptors (Lipinski definition) is 5. The zero-order chi connectivity index (χ0) is 19.5. The monoisotopic (exact) mass is 400 g/mol. The molecule has 3 heterocycles. The van der Waals surface area contributed by atoms with E-state index in [2.05, 4.69) is 6.07 Å².